The molecule has 0 saturated carbocycles. The number of anilines is 1. The van der Waals surface area contributed by atoms with Crippen molar-refractivity contribution in [2.75, 3.05) is 5.73 Å². The number of rotatable bonds is 3. The van der Waals surface area contributed by atoms with Crippen LogP contribution >= 0.6 is 15.9 Å². The highest BCUT2D eigenvalue weighted by Gasteiger charge is 2.24. The number of hydrogen-bond donors (Lipinski definition) is 1. The molecule has 1 aliphatic heterocycles. The SMILES string of the molecule is CCc1c(N)nnn1CC1Cc2cc(Br)ccc2O1. The minimum absolute atomic E-state index is 0.0932. The van der Waals surface area contributed by atoms with E-state index < -0.39 is 0 Å². The number of fused-ring (bicyclic) bond motifs is 1. The Balaban J connectivity index is 1.77. The predicted octanol–water partition coefficient (Wildman–Crippen LogP) is 2.19. The van der Waals surface area contributed by atoms with Gasteiger partial charge in [0, 0.05) is 10.9 Å². The zero-order valence-corrected chi connectivity index (χ0v) is 12.2. The second kappa shape index (κ2) is 4.85. The minimum atomic E-state index is 0.0932. The average molecular weight is 323 g/mol. The second-order valence-corrected chi connectivity index (χ2v) is 5.57. The van der Waals surface area contributed by atoms with Gasteiger partial charge in [0.05, 0.1) is 12.2 Å². The number of hydrogen-bond acceptors (Lipinski definition) is 4. The summed E-state index contributed by atoms with van der Waals surface area (Å²) in [5, 5.41) is 8.00. The lowest BCUT2D eigenvalue weighted by Gasteiger charge is -2.12. The number of benzene rings is 1. The number of halogens is 1. The van der Waals surface area contributed by atoms with Gasteiger partial charge < -0.3 is 10.5 Å². The molecular formula is C13H15BrN4O. The van der Waals surface area contributed by atoms with Gasteiger partial charge in [-0.1, -0.05) is 28.1 Å². The molecule has 0 radical (unpaired) electrons. The fourth-order valence-electron chi connectivity index (χ4n) is 2.44. The fourth-order valence-corrected chi connectivity index (χ4v) is 2.85. The molecule has 1 aromatic carbocycles. The molecule has 1 atom stereocenters. The molecule has 0 spiro atoms. The maximum Gasteiger partial charge on any atom is 0.169 e. The van der Waals surface area contributed by atoms with E-state index in [1.54, 1.807) is 0 Å². The Labute approximate surface area is 119 Å². The number of nitrogen functional groups attached to an aromatic ring is 1. The topological polar surface area (TPSA) is 66.0 Å². The molecule has 19 heavy (non-hydrogen) atoms. The average Bonchev–Trinajstić information content (AvgIpc) is 2.92. The Morgan fingerprint density at radius 3 is 3.16 bits per heavy atom. The van der Waals surface area contributed by atoms with E-state index in [4.69, 9.17) is 10.5 Å². The van der Waals surface area contributed by atoms with Gasteiger partial charge in [-0.15, -0.1) is 5.10 Å². The summed E-state index contributed by atoms with van der Waals surface area (Å²) in [7, 11) is 0. The third-order valence-electron chi connectivity index (χ3n) is 3.34. The molecule has 3 rings (SSSR count). The van der Waals surface area contributed by atoms with Crippen LogP contribution in [0.2, 0.25) is 0 Å². The van der Waals surface area contributed by atoms with Gasteiger partial charge in [-0.3, -0.25) is 0 Å². The standard InChI is InChI=1S/C13H15BrN4O/c1-2-11-13(15)16-17-18(11)7-10-6-8-5-9(14)3-4-12(8)19-10/h3-5,10H,2,6-7,15H2,1H3. The van der Waals surface area contributed by atoms with Gasteiger partial charge in [-0.05, 0) is 30.2 Å². The van der Waals surface area contributed by atoms with Gasteiger partial charge in [-0.2, -0.15) is 0 Å². The first-order valence-corrected chi connectivity index (χ1v) is 7.09. The summed E-state index contributed by atoms with van der Waals surface area (Å²) in [6, 6.07) is 6.09. The minimum Gasteiger partial charge on any atom is -0.488 e. The van der Waals surface area contributed by atoms with Crippen LogP contribution in [0.15, 0.2) is 22.7 Å². The molecule has 2 heterocycles. The van der Waals surface area contributed by atoms with Crippen molar-refractivity contribution in [2.45, 2.75) is 32.4 Å². The van der Waals surface area contributed by atoms with Crippen molar-refractivity contribution in [1.82, 2.24) is 15.0 Å². The zero-order valence-electron chi connectivity index (χ0n) is 10.6. The van der Waals surface area contributed by atoms with E-state index in [1.807, 2.05) is 23.7 Å². The normalized spacial score (nSPS) is 17.3. The van der Waals surface area contributed by atoms with E-state index in [2.05, 4.69) is 32.3 Å². The molecule has 0 amide bonds. The lowest BCUT2D eigenvalue weighted by Crippen LogP contribution is -2.23. The summed E-state index contributed by atoms with van der Waals surface area (Å²) in [6.45, 7) is 2.73. The molecule has 1 aliphatic rings. The molecule has 1 unspecified atom stereocenters. The molecular weight excluding hydrogens is 308 g/mol. The molecule has 6 heteroatoms. The lowest BCUT2D eigenvalue weighted by atomic mass is 10.1. The molecule has 0 bridgehead atoms. The van der Waals surface area contributed by atoms with Gasteiger partial charge in [0.25, 0.3) is 0 Å². The summed E-state index contributed by atoms with van der Waals surface area (Å²) < 4.78 is 8.85. The van der Waals surface area contributed by atoms with Crippen LogP contribution in [0.1, 0.15) is 18.2 Å². The largest absolute Gasteiger partial charge is 0.488 e. The van der Waals surface area contributed by atoms with E-state index in [9.17, 15) is 0 Å². The predicted molar refractivity (Wildman–Crippen MR) is 76.1 cm³/mol. The van der Waals surface area contributed by atoms with Crippen molar-refractivity contribution in [3.63, 3.8) is 0 Å². The highest BCUT2D eigenvalue weighted by atomic mass is 79.9. The lowest BCUT2D eigenvalue weighted by molar-refractivity contribution is 0.200. The first-order valence-electron chi connectivity index (χ1n) is 6.30. The van der Waals surface area contributed by atoms with Crippen molar-refractivity contribution < 1.29 is 4.74 Å². The Morgan fingerprint density at radius 2 is 2.37 bits per heavy atom. The number of aromatic nitrogens is 3. The van der Waals surface area contributed by atoms with Crippen LogP contribution in [0.5, 0.6) is 5.75 Å². The summed E-state index contributed by atoms with van der Waals surface area (Å²) in [5.41, 5.74) is 7.99. The van der Waals surface area contributed by atoms with E-state index in [0.717, 1.165) is 28.8 Å². The molecule has 0 aliphatic carbocycles. The van der Waals surface area contributed by atoms with Crippen LogP contribution in [0.3, 0.4) is 0 Å². The van der Waals surface area contributed by atoms with E-state index in [-0.39, 0.29) is 6.10 Å². The second-order valence-electron chi connectivity index (χ2n) is 4.65. The molecule has 5 nitrogen and oxygen atoms in total. The third kappa shape index (κ3) is 2.32. The van der Waals surface area contributed by atoms with Crippen LogP contribution in [0, 0.1) is 0 Å². The van der Waals surface area contributed by atoms with Crippen LogP contribution < -0.4 is 10.5 Å². The molecule has 100 valence electrons. The van der Waals surface area contributed by atoms with Crippen molar-refractivity contribution in [3.8, 4) is 5.75 Å². The summed E-state index contributed by atoms with van der Waals surface area (Å²) >= 11 is 3.48. The Bertz CT molecular complexity index is 611. The first-order chi connectivity index (χ1) is 9.17. The quantitative estimate of drug-likeness (QED) is 0.940. The molecule has 0 fully saturated rings. The van der Waals surface area contributed by atoms with Crippen LogP contribution in [0.4, 0.5) is 5.82 Å². The van der Waals surface area contributed by atoms with E-state index in [1.165, 1.54) is 5.56 Å². The van der Waals surface area contributed by atoms with Crippen molar-refractivity contribution in [1.29, 1.82) is 0 Å². The Morgan fingerprint density at radius 1 is 1.53 bits per heavy atom. The summed E-state index contributed by atoms with van der Waals surface area (Å²) in [4.78, 5) is 0. The Kier molecular flexibility index (Phi) is 3.18. The van der Waals surface area contributed by atoms with Crippen LogP contribution in [-0.4, -0.2) is 21.1 Å². The first kappa shape index (κ1) is 12.5. The summed E-state index contributed by atoms with van der Waals surface area (Å²) in [5.74, 6) is 1.47. The Hall–Kier alpha value is -1.56. The molecule has 2 N–H and O–H groups in total. The van der Waals surface area contributed by atoms with E-state index >= 15 is 0 Å². The maximum atomic E-state index is 5.92. The van der Waals surface area contributed by atoms with Gasteiger partial charge in [0.1, 0.15) is 11.9 Å². The molecule has 1 aromatic heterocycles. The smallest absolute Gasteiger partial charge is 0.169 e. The maximum absolute atomic E-state index is 5.92. The van der Waals surface area contributed by atoms with Crippen LogP contribution in [0.25, 0.3) is 0 Å². The van der Waals surface area contributed by atoms with Gasteiger partial charge in [0.2, 0.25) is 0 Å². The third-order valence-corrected chi connectivity index (χ3v) is 3.84. The highest BCUT2D eigenvalue weighted by molar-refractivity contribution is 9.10. The van der Waals surface area contributed by atoms with Crippen molar-refractivity contribution in [3.05, 3.63) is 33.9 Å². The zero-order chi connectivity index (χ0) is 13.4. The number of nitrogens with two attached hydrogens (primary N) is 1. The summed E-state index contributed by atoms with van der Waals surface area (Å²) in [6.07, 6.45) is 1.80. The van der Waals surface area contributed by atoms with Crippen LogP contribution in [-0.2, 0) is 19.4 Å². The fraction of sp³-hybridized carbons (Fsp3) is 0.385. The van der Waals surface area contributed by atoms with Gasteiger partial charge in [-0.25, -0.2) is 4.68 Å². The highest BCUT2D eigenvalue weighted by Crippen LogP contribution is 2.31. The monoisotopic (exact) mass is 322 g/mol. The van der Waals surface area contributed by atoms with Crippen molar-refractivity contribution >= 4 is 21.7 Å². The number of nitrogens with zero attached hydrogens (tertiary/aromatic N) is 3. The van der Waals surface area contributed by atoms with E-state index in [0.29, 0.717) is 12.4 Å². The number of ether oxygens (including phenoxy) is 1. The van der Waals surface area contributed by atoms with Gasteiger partial charge in [0.15, 0.2) is 5.82 Å². The molecule has 2 aromatic rings. The molecule has 0 saturated heterocycles. The van der Waals surface area contributed by atoms with Crippen molar-refractivity contribution in [2.24, 2.45) is 0 Å². The van der Waals surface area contributed by atoms with Gasteiger partial charge >= 0.3 is 0 Å².